The lowest BCUT2D eigenvalue weighted by Crippen LogP contribution is -2.20. The van der Waals surface area contributed by atoms with Crippen LogP contribution in [-0.2, 0) is 6.54 Å². The highest BCUT2D eigenvalue weighted by molar-refractivity contribution is 4.99. The number of alkyl halides is 3. The van der Waals surface area contributed by atoms with E-state index >= 15 is 0 Å². The Morgan fingerprint density at radius 2 is 2.18 bits per heavy atom. The van der Waals surface area contributed by atoms with Crippen LogP contribution in [0.4, 0.5) is 13.2 Å². The van der Waals surface area contributed by atoms with Crippen LogP contribution in [0.15, 0.2) is 10.7 Å². The van der Waals surface area contributed by atoms with Gasteiger partial charge in [-0.3, -0.25) is 0 Å². The molecule has 0 atom stereocenters. The number of rotatable bonds is 6. The van der Waals surface area contributed by atoms with Crippen LogP contribution in [0.3, 0.4) is 0 Å². The van der Waals surface area contributed by atoms with Crippen LogP contribution in [-0.4, -0.2) is 24.3 Å². The predicted molar refractivity (Wildman–Crippen MR) is 54.6 cm³/mol. The van der Waals surface area contributed by atoms with Crippen LogP contribution in [0, 0.1) is 5.92 Å². The van der Waals surface area contributed by atoms with E-state index in [4.69, 9.17) is 4.42 Å². The molecule has 0 saturated heterocycles. The van der Waals surface area contributed by atoms with Crippen molar-refractivity contribution in [3.8, 4) is 6.08 Å². The molecule has 17 heavy (non-hydrogen) atoms. The normalized spacial score (nSPS) is 12.1. The molecule has 1 aromatic rings. The van der Waals surface area contributed by atoms with E-state index in [0.29, 0.717) is 18.2 Å². The van der Waals surface area contributed by atoms with Crippen LogP contribution >= 0.6 is 0 Å². The van der Waals surface area contributed by atoms with Crippen molar-refractivity contribution in [1.82, 2.24) is 10.3 Å². The Labute approximate surface area is 97.2 Å². The van der Waals surface area contributed by atoms with Crippen molar-refractivity contribution in [3.05, 3.63) is 12.0 Å². The maximum Gasteiger partial charge on any atom is 0.422 e. The van der Waals surface area contributed by atoms with Crippen molar-refractivity contribution >= 4 is 0 Å². The van der Waals surface area contributed by atoms with E-state index in [0.717, 1.165) is 6.54 Å². The Bertz CT molecular complexity index is 337. The smallest absolute Gasteiger partial charge is 0.422 e. The summed E-state index contributed by atoms with van der Waals surface area (Å²) in [7, 11) is 0. The Hall–Kier alpha value is -1.24. The molecule has 0 amide bonds. The summed E-state index contributed by atoms with van der Waals surface area (Å²) in [5, 5.41) is 3.09. The molecule has 4 nitrogen and oxygen atoms in total. The second-order valence-electron chi connectivity index (χ2n) is 4.03. The van der Waals surface area contributed by atoms with Crippen molar-refractivity contribution in [3.63, 3.8) is 0 Å². The fourth-order valence-corrected chi connectivity index (χ4v) is 1.07. The highest BCUT2D eigenvalue weighted by Gasteiger charge is 2.29. The number of ether oxygens (including phenoxy) is 1. The molecule has 0 aromatic carbocycles. The third-order valence-electron chi connectivity index (χ3n) is 1.75. The van der Waals surface area contributed by atoms with E-state index in [1.54, 1.807) is 0 Å². The van der Waals surface area contributed by atoms with Crippen molar-refractivity contribution in [2.45, 2.75) is 26.6 Å². The minimum Gasteiger partial charge on any atom is -0.441 e. The molecule has 0 bridgehead atoms. The highest BCUT2D eigenvalue weighted by Crippen LogP contribution is 2.17. The first kappa shape index (κ1) is 13.8. The minimum absolute atomic E-state index is 0.358. The molecular weight excluding hydrogens is 237 g/mol. The summed E-state index contributed by atoms with van der Waals surface area (Å²) in [4.78, 5) is 3.76. The van der Waals surface area contributed by atoms with Crippen molar-refractivity contribution in [1.29, 1.82) is 0 Å². The van der Waals surface area contributed by atoms with Gasteiger partial charge in [-0.15, -0.1) is 0 Å². The molecule has 7 heteroatoms. The number of nitrogens with zero attached hydrogens (tertiary/aromatic N) is 1. The highest BCUT2D eigenvalue weighted by atomic mass is 19.4. The molecule has 1 heterocycles. The molecule has 0 spiro atoms. The number of hydrogen-bond acceptors (Lipinski definition) is 4. The van der Waals surface area contributed by atoms with E-state index in [-0.39, 0.29) is 6.08 Å². The fraction of sp³-hybridized carbons (Fsp3) is 0.700. The molecular formula is C10H15F3N2O2. The minimum atomic E-state index is -4.38. The van der Waals surface area contributed by atoms with E-state index in [1.165, 1.54) is 6.26 Å². The first-order valence-corrected chi connectivity index (χ1v) is 5.21. The summed E-state index contributed by atoms with van der Waals surface area (Å²) in [6.45, 7) is 3.94. The van der Waals surface area contributed by atoms with Gasteiger partial charge in [0.1, 0.15) is 6.26 Å². The molecule has 0 unspecified atom stereocenters. The molecule has 1 rings (SSSR count). The Morgan fingerprint density at radius 1 is 1.47 bits per heavy atom. The molecule has 0 saturated carbocycles. The standard InChI is InChI=1S/C10H15F3N2O2/c1-7(2)3-14-4-8-5-16-9(15-8)17-6-10(11,12)13/h5,7,14H,3-4,6H2,1-2H3. The van der Waals surface area contributed by atoms with Crippen LogP contribution in [0.2, 0.25) is 0 Å². The third-order valence-corrected chi connectivity index (χ3v) is 1.75. The topological polar surface area (TPSA) is 47.3 Å². The Balaban J connectivity index is 2.32. The Morgan fingerprint density at radius 3 is 2.76 bits per heavy atom. The van der Waals surface area contributed by atoms with Gasteiger partial charge in [0.05, 0.1) is 5.69 Å². The van der Waals surface area contributed by atoms with Crippen LogP contribution in [0.25, 0.3) is 0 Å². The summed E-state index contributed by atoms with van der Waals surface area (Å²) in [6, 6.07) is 0. The maximum absolute atomic E-state index is 11.8. The number of oxazole rings is 1. The zero-order valence-electron chi connectivity index (χ0n) is 9.67. The van der Waals surface area contributed by atoms with Crippen LogP contribution in [0.1, 0.15) is 19.5 Å². The summed E-state index contributed by atoms with van der Waals surface area (Å²) in [5.41, 5.74) is 0.517. The molecule has 0 radical (unpaired) electrons. The maximum atomic E-state index is 11.8. The van der Waals surface area contributed by atoms with E-state index in [9.17, 15) is 13.2 Å². The average molecular weight is 252 g/mol. The average Bonchev–Trinajstić information content (AvgIpc) is 2.61. The first-order valence-electron chi connectivity index (χ1n) is 5.21. The molecule has 0 fully saturated rings. The first-order chi connectivity index (χ1) is 7.87. The number of halogens is 3. The van der Waals surface area contributed by atoms with E-state index in [1.807, 2.05) is 13.8 Å². The molecule has 98 valence electrons. The quantitative estimate of drug-likeness (QED) is 0.844. The lowest BCUT2D eigenvalue weighted by Gasteiger charge is -2.05. The van der Waals surface area contributed by atoms with Crippen molar-refractivity contribution in [2.24, 2.45) is 5.92 Å². The van der Waals surface area contributed by atoms with Gasteiger partial charge in [-0.2, -0.15) is 18.2 Å². The third kappa shape index (κ3) is 6.15. The number of nitrogens with one attached hydrogen (secondary N) is 1. The van der Waals surface area contributed by atoms with E-state index in [2.05, 4.69) is 15.0 Å². The van der Waals surface area contributed by atoms with Gasteiger partial charge < -0.3 is 14.5 Å². The predicted octanol–water partition coefficient (Wildman–Crippen LogP) is 2.36. The zero-order chi connectivity index (χ0) is 12.9. The summed E-state index contributed by atoms with van der Waals surface area (Å²) >= 11 is 0. The number of hydrogen-bond donors (Lipinski definition) is 1. The molecule has 0 aliphatic carbocycles. The fourth-order valence-electron chi connectivity index (χ4n) is 1.07. The summed E-state index contributed by atoms with van der Waals surface area (Å²) in [5.74, 6) is 0.489. The Kier molecular flexibility index (Phi) is 4.80. The van der Waals surface area contributed by atoms with E-state index < -0.39 is 12.8 Å². The van der Waals surface area contributed by atoms with Gasteiger partial charge in [-0.05, 0) is 12.5 Å². The summed E-state index contributed by atoms with van der Waals surface area (Å²) in [6.07, 6.45) is -3.47. The van der Waals surface area contributed by atoms with Crippen molar-refractivity contribution in [2.75, 3.05) is 13.2 Å². The summed E-state index contributed by atoms with van der Waals surface area (Å²) < 4.78 is 44.6. The second kappa shape index (κ2) is 5.90. The molecule has 1 N–H and O–H groups in total. The zero-order valence-corrected chi connectivity index (χ0v) is 9.67. The van der Waals surface area contributed by atoms with Gasteiger partial charge in [0, 0.05) is 6.54 Å². The van der Waals surface area contributed by atoms with Crippen molar-refractivity contribution < 1.29 is 22.3 Å². The largest absolute Gasteiger partial charge is 0.441 e. The lowest BCUT2D eigenvalue weighted by molar-refractivity contribution is -0.156. The van der Waals surface area contributed by atoms with Gasteiger partial charge in [-0.1, -0.05) is 13.8 Å². The van der Waals surface area contributed by atoms with Crippen LogP contribution < -0.4 is 10.1 Å². The monoisotopic (exact) mass is 252 g/mol. The van der Waals surface area contributed by atoms with Crippen LogP contribution in [0.5, 0.6) is 6.08 Å². The van der Waals surface area contributed by atoms with Gasteiger partial charge in [-0.25, -0.2) is 0 Å². The van der Waals surface area contributed by atoms with Gasteiger partial charge in [0.15, 0.2) is 6.61 Å². The lowest BCUT2D eigenvalue weighted by atomic mass is 10.2. The van der Waals surface area contributed by atoms with Gasteiger partial charge in [0.2, 0.25) is 0 Å². The van der Waals surface area contributed by atoms with Gasteiger partial charge >= 0.3 is 12.3 Å². The molecule has 0 aliphatic rings. The van der Waals surface area contributed by atoms with Gasteiger partial charge in [0.25, 0.3) is 0 Å². The number of aromatic nitrogens is 1. The molecule has 1 aromatic heterocycles. The second-order valence-corrected chi connectivity index (χ2v) is 4.03. The molecule has 0 aliphatic heterocycles. The SMILES string of the molecule is CC(C)CNCc1coc(OCC(F)(F)F)n1.